The van der Waals surface area contributed by atoms with E-state index < -0.39 is 11.7 Å². The molecule has 5 atom stereocenters. The predicted octanol–water partition coefficient (Wildman–Crippen LogP) is 2.29. The molecular weight excluding hydrogens is 316 g/mol. The third-order valence-electron chi connectivity index (χ3n) is 5.94. The van der Waals surface area contributed by atoms with E-state index >= 15 is 0 Å². The molecule has 5 rings (SSSR count). The zero-order valence-corrected chi connectivity index (χ0v) is 14.4. The standard InChI is InChI=1S/C20H24N2O3/c1-3-20(24)12-22-9-7-13(20)10-18(22)19(23)15-6-8-21-17-5-4-14(25-2)11-16(15)17/h3-6,8,11,13,18-19,23-24H,1,7,9-10,12H2,2H3/t13?,18-,19-,20+/m0/s1. The molecule has 25 heavy (non-hydrogen) atoms. The fourth-order valence-corrected chi connectivity index (χ4v) is 4.45. The van der Waals surface area contributed by atoms with Crippen LogP contribution in [0, 0.1) is 5.92 Å². The quantitative estimate of drug-likeness (QED) is 0.836. The molecule has 5 nitrogen and oxygen atoms in total. The van der Waals surface area contributed by atoms with Crippen molar-refractivity contribution in [2.24, 2.45) is 5.92 Å². The molecule has 1 aromatic carbocycles. The number of benzene rings is 1. The first-order chi connectivity index (χ1) is 12.1. The van der Waals surface area contributed by atoms with Crippen LogP contribution < -0.4 is 4.74 Å². The molecule has 2 aromatic rings. The first-order valence-electron chi connectivity index (χ1n) is 8.76. The summed E-state index contributed by atoms with van der Waals surface area (Å²) in [7, 11) is 1.63. The van der Waals surface area contributed by atoms with Crippen molar-refractivity contribution < 1.29 is 14.9 Å². The fourth-order valence-electron chi connectivity index (χ4n) is 4.45. The number of methoxy groups -OCH3 is 1. The van der Waals surface area contributed by atoms with Crippen molar-refractivity contribution in [3.8, 4) is 5.75 Å². The maximum atomic E-state index is 11.2. The highest BCUT2D eigenvalue weighted by Crippen LogP contribution is 2.44. The second-order valence-electron chi connectivity index (χ2n) is 7.18. The number of aliphatic hydroxyl groups excluding tert-OH is 1. The van der Waals surface area contributed by atoms with Gasteiger partial charge >= 0.3 is 0 Å². The van der Waals surface area contributed by atoms with Gasteiger partial charge in [0.1, 0.15) is 5.75 Å². The summed E-state index contributed by atoms with van der Waals surface area (Å²) < 4.78 is 5.33. The molecule has 132 valence electrons. The Morgan fingerprint density at radius 1 is 1.44 bits per heavy atom. The molecule has 4 heterocycles. The molecule has 1 aromatic heterocycles. The average Bonchev–Trinajstić information content (AvgIpc) is 2.66. The summed E-state index contributed by atoms with van der Waals surface area (Å²) in [5.74, 6) is 0.901. The molecule has 0 aliphatic carbocycles. The number of aromatic nitrogens is 1. The van der Waals surface area contributed by atoms with Gasteiger partial charge in [0.15, 0.2) is 0 Å². The van der Waals surface area contributed by atoms with E-state index in [2.05, 4.69) is 16.5 Å². The highest BCUT2D eigenvalue weighted by molar-refractivity contribution is 5.83. The lowest BCUT2D eigenvalue weighted by molar-refractivity contribution is -0.127. The summed E-state index contributed by atoms with van der Waals surface area (Å²) in [5.41, 5.74) is 0.873. The fraction of sp³-hybridized carbons (Fsp3) is 0.450. The molecule has 3 saturated heterocycles. The first kappa shape index (κ1) is 16.5. The van der Waals surface area contributed by atoms with Gasteiger partial charge in [0, 0.05) is 24.2 Å². The number of piperidine rings is 3. The second-order valence-corrected chi connectivity index (χ2v) is 7.18. The number of nitrogens with zero attached hydrogens (tertiary/aromatic N) is 2. The number of rotatable bonds is 4. The van der Waals surface area contributed by atoms with Crippen LogP contribution in [-0.4, -0.2) is 51.9 Å². The van der Waals surface area contributed by atoms with Crippen LogP contribution in [0.2, 0.25) is 0 Å². The van der Waals surface area contributed by atoms with Crippen molar-refractivity contribution >= 4 is 10.9 Å². The van der Waals surface area contributed by atoms with Gasteiger partial charge in [-0.2, -0.15) is 0 Å². The van der Waals surface area contributed by atoms with Crippen molar-refractivity contribution in [1.29, 1.82) is 0 Å². The molecule has 0 amide bonds. The number of pyridine rings is 1. The van der Waals surface area contributed by atoms with Gasteiger partial charge in [0.05, 0.1) is 24.3 Å². The summed E-state index contributed by atoms with van der Waals surface area (Å²) in [6, 6.07) is 7.60. The van der Waals surface area contributed by atoms with Gasteiger partial charge in [-0.15, -0.1) is 6.58 Å². The molecule has 0 spiro atoms. The molecule has 3 fully saturated rings. The molecular formula is C20H24N2O3. The van der Waals surface area contributed by atoms with Crippen LogP contribution >= 0.6 is 0 Å². The molecule has 2 unspecified atom stereocenters. The van der Waals surface area contributed by atoms with Gasteiger partial charge in [0.25, 0.3) is 0 Å². The Balaban J connectivity index is 1.69. The third-order valence-corrected chi connectivity index (χ3v) is 5.94. The van der Waals surface area contributed by atoms with E-state index in [0.29, 0.717) is 6.54 Å². The minimum Gasteiger partial charge on any atom is -0.497 e. The van der Waals surface area contributed by atoms with Gasteiger partial charge in [0.2, 0.25) is 0 Å². The van der Waals surface area contributed by atoms with Gasteiger partial charge in [-0.3, -0.25) is 9.88 Å². The van der Waals surface area contributed by atoms with Crippen LogP contribution in [0.5, 0.6) is 5.75 Å². The lowest BCUT2D eigenvalue weighted by Crippen LogP contribution is -2.63. The molecule has 0 radical (unpaired) electrons. The van der Waals surface area contributed by atoms with Gasteiger partial charge in [-0.05, 0) is 55.1 Å². The molecule has 2 N–H and O–H groups in total. The first-order valence-corrected chi connectivity index (χ1v) is 8.76. The van der Waals surface area contributed by atoms with Crippen LogP contribution in [0.25, 0.3) is 10.9 Å². The van der Waals surface area contributed by atoms with Gasteiger partial charge in [-0.1, -0.05) is 6.08 Å². The molecule has 3 aliphatic rings. The number of hydrogen-bond donors (Lipinski definition) is 2. The van der Waals surface area contributed by atoms with Crippen molar-refractivity contribution in [2.45, 2.75) is 30.6 Å². The Kier molecular flexibility index (Phi) is 4.02. The Hall–Kier alpha value is -1.95. The Morgan fingerprint density at radius 2 is 2.28 bits per heavy atom. The van der Waals surface area contributed by atoms with Crippen LogP contribution in [-0.2, 0) is 0 Å². The highest BCUT2D eigenvalue weighted by atomic mass is 16.5. The van der Waals surface area contributed by atoms with Crippen molar-refractivity contribution in [1.82, 2.24) is 9.88 Å². The highest BCUT2D eigenvalue weighted by Gasteiger charge is 2.49. The van der Waals surface area contributed by atoms with Crippen molar-refractivity contribution in [3.05, 3.63) is 48.7 Å². The normalized spacial score (nSPS) is 32.5. The van der Waals surface area contributed by atoms with E-state index in [1.165, 1.54) is 0 Å². The average molecular weight is 340 g/mol. The van der Waals surface area contributed by atoms with Crippen molar-refractivity contribution in [3.63, 3.8) is 0 Å². The van der Waals surface area contributed by atoms with Gasteiger partial charge in [-0.25, -0.2) is 0 Å². The zero-order valence-electron chi connectivity index (χ0n) is 14.4. The molecule has 2 bridgehead atoms. The summed E-state index contributed by atoms with van der Waals surface area (Å²) >= 11 is 0. The van der Waals surface area contributed by atoms with E-state index in [9.17, 15) is 10.2 Å². The molecule has 0 saturated carbocycles. The second kappa shape index (κ2) is 6.09. The minimum absolute atomic E-state index is 0.00391. The van der Waals surface area contributed by atoms with Gasteiger partial charge < -0.3 is 14.9 Å². The van der Waals surface area contributed by atoms with Crippen molar-refractivity contribution in [2.75, 3.05) is 20.2 Å². The Labute approximate surface area is 147 Å². The SMILES string of the molecule is C=C[C@@]1(O)CN2CCC1C[C@H]2[C@@H](O)c1ccnc2ccc(OC)cc12. The number of fused-ring (bicyclic) bond motifs is 4. The maximum absolute atomic E-state index is 11.2. The topological polar surface area (TPSA) is 65.8 Å². The minimum atomic E-state index is -0.835. The molecule has 3 aliphatic heterocycles. The lowest BCUT2D eigenvalue weighted by atomic mass is 9.71. The van der Waals surface area contributed by atoms with E-state index in [4.69, 9.17) is 4.74 Å². The largest absolute Gasteiger partial charge is 0.497 e. The van der Waals surface area contributed by atoms with E-state index in [1.807, 2.05) is 24.3 Å². The summed E-state index contributed by atoms with van der Waals surface area (Å²) in [6.45, 7) is 5.24. The molecule has 5 heteroatoms. The van der Waals surface area contributed by atoms with Crippen LogP contribution in [0.3, 0.4) is 0 Å². The van der Waals surface area contributed by atoms with E-state index in [-0.39, 0.29) is 12.0 Å². The summed E-state index contributed by atoms with van der Waals surface area (Å²) in [5, 5.41) is 22.8. The maximum Gasteiger partial charge on any atom is 0.119 e. The predicted molar refractivity (Wildman–Crippen MR) is 96.5 cm³/mol. The van der Waals surface area contributed by atoms with Crippen LogP contribution in [0.15, 0.2) is 43.1 Å². The lowest BCUT2D eigenvalue weighted by Gasteiger charge is -2.54. The van der Waals surface area contributed by atoms with Crippen LogP contribution in [0.1, 0.15) is 24.5 Å². The number of ether oxygens (including phenoxy) is 1. The monoisotopic (exact) mass is 340 g/mol. The Bertz CT molecular complexity index is 809. The number of aliphatic hydroxyl groups is 2. The smallest absolute Gasteiger partial charge is 0.119 e. The number of hydrogen-bond acceptors (Lipinski definition) is 5. The van der Waals surface area contributed by atoms with E-state index in [0.717, 1.165) is 41.6 Å². The third kappa shape index (κ3) is 2.63. The summed E-state index contributed by atoms with van der Waals surface area (Å²) in [4.78, 5) is 6.59. The zero-order chi connectivity index (χ0) is 17.6. The Morgan fingerprint density at radius 3 is 2.96 bits per heavy atom. The summed E-state index contributed by atoms with van der Waals surface area (Å²) in [6.07, 6.45) is 4.48. The van der Waals surface area contributed by atoms with Crippen LogP contribution in [0.4, 0.5) is 0 Å². The van der Waals surface area contributed by atoms with E-state index in [1.54, 1.807) is 19.4 Å².